The van der Waals surface area contributed by atoms with Crippen LogP contribution in [-0.2, 0) is 10.0 Å². The standard InChI is InChI=1S/C22H30N4O4S/c1-3-5-15-26(16-6-4-2)31(28,29)20-13-11-19(12-14-20)30-21(27)17-7-9-18(10-8-17)25-22(23)24/h7-14H,3-6,15-16H2,1-2H3,(H4,23,24,25). The molecule has 0 bridgehead atoms. The number of nitrogens with two attached hydrogens (primary N) is 2. The lowest BCUT2D eigenvalue weighted by atomic mass is 10.2. The Bertz CT molecular complexity index is 975. The predicted molar refractivity (Wildman–Crippen MR) is 122 cm³/mol. The number of esters is 1. The number of hydrogen-bond donors (Lipinski definition) is 2. The average Bonchev–Trinajstić information content (AvgIpc) is 2.74. The van der Waals surface area contributed by atoms with Gasteiger partial charge in [0.25, 0.3) is 0 Å². The number of carbonyl (C=O) groups excluding carboxylic acids is 1. The van der Waals surface area contributed by atoms with Crippen LogP contribution in [0.15, 0.2) is 58.4 Å². The second kappa shape index (κ2) is 11.5. The number of ether oxygens (including phenoxy) is 1. The molecular weight excluding hydrogens is 416 g/mol. The Morgan fingerprint density at radius 2 is 1.48 bits per heavy atom. The Hall–Kier alpha value is -2.91. The van der Waals surface area contributed by atoms with Crippen molar-refractivity contribution in [2.45, 2.75) is 44.4 Å². The Balaban J connectivity index is 2.11. The van der Waals surface area contributed by atoms with E-state index in [1.165, 1.54) is 28.6 Å². The molecule has 0 aliphatic heterocycles. The third-order valence-electron chi connectivity index (χ3n) is 4.56. The molecule has 31 heavy (non-hydrogen) atoms. The molecule has 0 atom stereocenters. The zero-order chi connectivity index (χ0) is 22.9. The normalized spacial score (nSPS) is 11.3. The van der Waals surface area contributed by atoms with E-state index >= 15 is 0 Å². The molecular formula is C22H30N4O4S. The van der Waals surface area contributed by atoms with Crippen molar-refractivity contribution in [1.82, 2.24) is 4.31 Å². The van der Waals surface area contributed by atoms with Gasteiger partial charge in [0, 0.05) is 13.1 Å². The topological polar surface area (TPSA) is 128 Å². The highest BCUT2D eigenvalue weighted by molar-refractivity contribution is 7.89. The van der Waals surface area contributed by atoms with Crippen LogP contribution >= 0.6 is 0 Å². The van der Waals surface area contributed by atoms with Crippen LogP contribution in [0.2, 0.25) is 0 Å². The summed E-state index contributed by atoms with van der Waals surface area (Å²) in [5.41, 5.74) is 11.5. The molecule has 0 aliphatic carbocycles. The fourth-order valence-electron chi connectivity index (χ4n) is 2.84. The summed E-state index contributed by atoms with van der Waals surface area (Å²) in [4.78, 5) is 16.4. The van der Waals surface area contributed by atoms with Gasteiger partial charge in [0.1, 0.15) is 5.75 Å². The summed E-state index contributed by atoms with van der Waals surface area (Å²) in [6.45, 7) is 5.04. The van der Waals surface area contributed by atoms with Crippen LogP contribution in [0.4, 0.5) is 5.69 Å². The SMILES string of the molecule is CCCCN(CCCC)S(=O)(=O)c1ccc(OC(=O)c2ccc(N=C(N)N)cc2)cc1. The smallest absolute Gasteiger partial charge is 0.343 e. The van der Waals surface area contributed by atoms with E-state index in [9.17, 15) is 13.2 Å². The van der Waals surface area contributed by atoms with Gasteiger partial charge in [0.2, 0.25) is 10.0 Å². The number of aliphatic imine (C=N–C) groups is 1. The monoisotopic (exact) mass is 446 g/mol. The van der Waals surface area contributed by atoms with Gasteiger partial charge in [-0.1, -0.05) is 26.7 Å². The summed E-state index contributed by atoms with van der Waals surface area (Å²) in [6.07, 6.45) is 3.45. The third kappa shape index (κ3) is 7.08. The Morgan fingerprint density at radius 3 is 1.97 bits per heavy atom. The Morgan fingerprint density at radius 1 is 0.935 bits per heavy atom. The van der Waals surface area contributed by atoms with E-state index < -0.39 is 16.0 Å². The second-order valence-corrected chi connectivity index (χ2v) is 8.99. The van der Waals surface area contributed by atoms with Crippen LogP contribution in [0, 0.1) is 0 Å². The Kier molecular flexibility index (Phi) is 9.02. The summed E-state index contributed by atoms with van der Waals surface area (Å²) >= 11 is 0. The maximum atomic E-state index is 13.0. The molecule has 0 saturated heterocycles. The van der Waals surface area contributed by atoms with Crippen LogP contribution in [0.1, 0.15) is 49.9 Å². The zero-order valence-electron chi connectivity index (χ0n) is 18.0. The van der Waals surface area contributed by atoms with E-state index in [0.29, 0.717) is 24.3 Å². The summed E-state index contributed by atoms with van der Waals surface area (Å²) in [5, 5.41) is 0. The minimum absolute atomic E-state index is 0.0756. The number of benzene rings is 2. The predicted octanol–water partition coefficient (Wildman–Crippen LogP) is 3.40. The van der Waals surface area contributed by atoms with Crippen molar-refractivity contribution in [2.75, 3.05) is 13.1 Å². The van der Waals surface area contributed by atoms with Crippen LogP contribution in [-0.4, -0.2) is 37.7 Å². The quantitative estimate of drug-likeness (QED) is 0.236. The first-order valence-electron chi connectivity index (χ1n) is 10.3. The first-order valence-corrected chi connectivity index (χ1v) is 11.7. The molecule has 9 heteroatoms. The molecule has 0 fully saturated rings. The minimum atomic E-state index is -3.60. The van der Waals surface area contributed by atoms with Crippen molar-refractivity contribution in [3.63, 3.8) is 0 Å². The lowest BCUT2D eigenvalue weighted by Crippen LogP contribution is -2.33. The number of guanidine groups is 1. The molecule has 168 valence electrons. The first-order chi connectivity index (χ1) is 14.8. The molecule has 4 N–H and O–H groups in total. The van der Waals surface area contributed by atoms with E-state index in [0.717, 1.165) is 25.7 Å². The van der Waals surface area contributed by atoms with Gasteiger partial charge in [0.15, 0.2) is 5.96 Å². The fourth-order valence-corrected chi connectivity index (χ4v) is 4.35. The maximum Gasteiger partial charge on any atom is 0.343 e. The van der Waals surface area contributed by atoms with Crippen molar-refractivity contribution in [3.8, 4) is 5.75 Å². The average molecular weight is 447 g/mol. The van der Waals surface area contributed by atoms with Gasteiger partial charge in [-0.3, -0.25) is 0 Å². The maximum absolute atomic E-state index is 13.0. The van der Waals surface area contributed by atoms with Crippen molar-refractivity contribution in [3.05, 3.63) is 54.1 Å². The molecule has 0 aliphatic rings. The number of hydrogen-bond acceptors (Lipinski definition) is 5. The van der Waals surface area contributed by atoms with Gasteiger partial charge in [0.05, 0.1) is 16.1 Å². The molecule has 0 amide bonds. The lowest BCUT2D eigenvalue weighted by Gasteiger charge is -2.22. The summed E-state index contributed by atoms with van der Waals surface area (Å²) < 4.78 is 32.9. The van der Waals surface area contributed by atoms with E-state index in [1.54, 1.807) is 24.3 Å². The minimum Gasteiger partial charge on any atom is -0.423 e. The van der Waals surface area contributed by atoms with Gasteiger partial charge in [-0.05, 0) is 61.4 Å². The number of unbranched alkanes of at least 4 members (excludes halogenated alkanes) is 2. The highest BCUT2D eigenvalue weighted by Gasteiger charge is 2.23. The van der Waals surface area contributed by atoms with Crippen LogP contribution in [0.5, 0.6) is 5.75 Å². The molecule has 0 radical (unpaired) electrons. The highest BCUT2D eigenvalue weighted by Crippen LogP contribution is 2.22. The third-order valence-corrected chi connectivity index (χ3v) is 6.47. The van der Waals surface area contributed by atoms with Gasteiger partial charge in [-0.2, -0.15) is 4.31 Å². The zero-order valence-corrected chi connectivity index (χ0v) is 18.8. The molecule has 0 heterocycles. The van der Waals surface area contributed by atoms with E-state index in [4.69, 9.17) is 16.2 Å². The van der Waals surface area contributed by atoms with Gasteiger partial charge in [-0.25, -0.2) is 18.2 Å². The Labute approximate surface area is 184 Å². The molecule has 8 nitrogen and oxygen atoms in total. The van der Waals surface area contributed by atoms with Crippen LogP contribution in [0.25, 0.3) is 0 Å². The molecule has 2 aromatic carbocycles. The van der Waals surface area contributed by atoms with E-state index in [1.807, 2.05) is 13.8 Å². The van der Waals surface area contributed by atoms with Gasteiger partial charge < -0.3 is 16.2 Å². The number of sulfonamides is 1. The number of carbonyl (C=O) groups is 1. The number of rotatable bonds is 11. The van der Waals surface area contributed by atoms with Crippen molar-refractivity contribution >= 4 is 27.6 Å². The summed E-state index contributed by atoms with van der Waals surface area (Å²) in [6, 6.07) is 12.2. The van der Waals surface area contributed by atoms with Crippen LogP contribution in [0.3, 0.4) is 0 Å². The first kappa shape index (κ1) is 24.4. The molecule has 0 saturated carbocycles. The van der Waals surface area contributed by atoms with E-state index in [-0.39, 0.29) is 16.6 Å². The molecule has 2 rings (SSSR count). The molecule has 2 aromatic rings. The largest absolute Gasteiger partial charge is 0.423 e. The van der Waals surface area contributed by atoms with Crippen molar-refractivity contribution in [1.29, 1.82) is 0 Å². The second-order valence-electron chi connectivity index (χ2n) is 7.06. The summed E-state index contributed by atoms with van der Waals surface area (Å²) in [7, 11) is -3.60. The fraction of sp³-hybridized carbons (Fsp3) is 0.364. The van der Waals surface area contributed by atoms with E-state index in [2.05, 4.69) is 4.99 Å². The summed E-state index contributed by atoms with van der Waals surface area (Å²) in [5.74, 6) is -0.390. The lowest BCUT2D eigenvalue weighted by molar-refractivity contribution is 0.0734. The molecule has 0 unspecified atom stereocenters. The molecule has 0 aromatic heterocycles. The molecule has 0 spiro atoms. The van der Waals surface area contributed by atoms with Crippen molar-refractivity contribution < 1.29 is 17.9 Å². The van der Waals surface area contributed by atoms with Crippen molar-refractivity contribution in [2.24, 2.45) is 16.5 Å². The van der Waals surface area contributed by atoms with Gasteiger partial charge >= 0.3 is 5.97 Å². The highest BCUT2D eigenvalue weighted by atomic mass is 32.2. The number of nitrogens with zero attached hydrogens (tertiary/aromatic N) is 2. The van der Waals surface area contributed by atoms with Crippen LogP contribution < -0.4 is 16.2 Å². The van der Waals surface area contributed by atoms with Gasteiger partial charge in [-0.15, -0.1) is 0 Å².